The Balaban J connectivity index is 2.03. The lowest BCUT2D eigenvalue weighted by Gasteiger charge is -2.19. The van der Waals surface area contributed by atoms with Crippen molar-refractivity contribution in [3.63, 3.8) is 0 Å². The third-order valence-corrected chi connectivity index (χ3v) is 4.15. The molecule has 2 heterocycles. The minimum Gasteiger partial charge on any atom is -0.396 e. The van der Waals surface area contributed by atoms with Gasteiger partial charge in [0.1, 0.15) is 0 Å². The Kier molecular flexibility index (Phi) is 5.04. The third kappa shape index (κ3) is 3.32. The first-order chi connectivity index (χ1) is 9.65. The Hall–Kier alpha value is -1.52. The number of carbonyl (C=O) groups is 1. The van der Waals surface area contributed by atoms with Crippen molar-refractivity contribution in [3.8, 4) is 0 Å². The molecular formula is C15H26N4O. The van der Waals surface area contributed by atoms with Crippen molar-refractivity contribution in [2.75, 3.05) is 18.8 Å². The molecule has 0 spiro atoms. The topological polar surface area (TPSA) is 64.2 Å². The maximum Gasteiger partial charge on any atom is 0.276 e. The second kappa shape index (κ2) is 6.77. The quantitative estimate of drug-likeness (QED) is 0.920. The molecule has 1 saturated heterocycles. The number of nitrogens with zero attached hydrogens (tertiary/aromatic N) is 3. The summed E-state index contributed by atoms with van der Waals surface area (Å²) in [6.07, 6.45) is 7.67. The van der Waals surface area contributed by atoms with E-state index in [0.717, 1.165) is 38.4 Å². The van der Waals surface area contributed by atoms with E-state index >= 15 is 0 Å². The molecule has 112 valence electrons. The first-order valence-electron chi connectivity index (χ1n) is 7.77. The number of hydrogen-bond donors (Lipinski definition) is 1. The van der Waals surface area contributed by atoms with E-state index in [0.29, 0.717) is 11.4 Å². The highest BCUT2D eigenvalue weighted by Crippen LogP contribution is 2.23. The zero-order chi connectivity index (χ0) is 14.5. The normalized spacial score (nSPS) is 19.9. The summed E-state index contributed by atoms with van der Waals surface area (Å²) in [5, 5.41) is 4.29. The van der Waals surface area contributed by atoms with Gasteiger partial charge in [-0.15, -0.1) is 0 Å². The Bertz CT molecular complexity index is 455. The van der Waals surface area contributed by atoms with Gasteiger partial charge in [-0.05, 0) is 32.1 Å². The van der Waals surface area contributed by atoms with Gasteiger partial charge in [0, 0.05) is 25.8 Å². The Morgan fingerprint density at radius 2 is 2.20 bits per heavy atom. The Labute approximate surface area is 121 Å². The summed E-state index contributed by atoms with van der Waals surface area (Å²) in [6, 6.07) is 0. The number of likely N-dealkylation sites (tertiary alicyclic amines) is 1. The van der Waals surface area contributed by atoms with Crippen LogP contribution in [0.15, 0.2) is 6.20 Å². The van der Waals surface area contributed by atoms with Crippen LogP contribution >= 0.6 is 0 Å². The minimum atomic E-state index is -0.00755. The predicted octanol–water partition coefficient (Wildman–Crippen LogP) is 2.53. The van der Waals surface area contributed by atoms with Gasteiger partial charge in [0.05, 0.1) is 5.69 Å². The van der Waals surface area contributed by atoms with Crippen LogP contribution in [0.5, 0.6) is 0 Å². The summed E-state index contributed by atoms with van der Waals surface area (Å²) >= 11 is 0. The van der Waals surface area contributed by atoms with Gasteiger partial charge in [0.15, 0.2) is 5.69 Å². The van der Waals surface area contributed by atoms with Crippen molar-refractivity contribution in [2.45, 2.75) is 52.5 Å². The Morgan fingerprint density at radius 3 is 2.85 bits per heavy atom. The molecule has 1 amide bonds. The number of nitrogens with two attached hydrogens (primary N) is 1. The maximum atomic E-state index is 12.5. The molecule has 0 bridgehead atoms. The first-order valence-corrected chi connectivity index (χ1v) is 7.77. The van der Waals surface area contributed by atoms with E-state index in [1.807, 2.05) is 11.8 Å². The van der Waals surface area contributed by atoms with Crippen molar-refractivity contribution in [2.24, 2.45) is 5.92 Å². The lowest BCUT2D eigenvalue weighted by atomic mass is 9.96. The van der Waals surface area contributed by atoms with E-state index in [4.69, 9.17) is 5.73 Å². The second-order valence-electron chi connectivity index (χ2n) is 5.67. The minimum absolute atomic E-state index is 0.00755. The summed E-state index contributed by atoms with van der Waals surface area (Å²) in [5.74, 6) is 0.759. The van der Waals surface area contributed by atoms with Crippen molar-refractivity contribution in [1.82, 2.24) is 14.7 Å². The van der Waals surface area contributed by atoms with Crippen LogP contribution in [0, 0.1) is 5.92 Å². The van der Waals surface area contributed by atoms with Gasteiger partial charge in [0.25, 0.3) is 5.91 Å². The van der Waals surface area contributed by atoms with Crippen molar-refractivity contribution in [3.05, 3.63) is 11.9 Å². The number of aromatic nitrogens is 2. The van der Waals surface area contributed by atoms with Gasteiger partial charge in [-0.2, -0.15) is 5.10 Å². The van der Waals surface area contributed by atoms with Crippen LogP contribution in [0.4, 0.5) is 5.69 Å². The number of hydrogen-bond acceptors (Lipinski definition) is 3. The van der Waals surface area contributed by atoms with Crippen LogP contribution in [-0.4, -0.2) is 33.7 Å². The molecule has 2 rings (SSSR count). The fourth-order valence-corrected chi connectivity index (χ4v) is 2.98. The molecule has 0 aromatic carbocycles. The average molecular weight is 278 g/mol. The molecule has 0 saturated carbocycles. The molecule has 1 fully saturated rings. The zero-order valence-electron chi connectivity index (χ0n) is 12.6. The van der Waals surface area contributed by atoms with Crippen molar-refractivity contribution >= 4 is 11.6 Å². The molecule has 1 aromatic rings. The van der Waals surface area contributed by atoms with Crippen molar-refractivity contribution in [1.29, 1.82) is 0 Å². The average Bonchev–Trinajstić information content (AvgIpc) is 2.67. The number of carbonyl (C=O) groups excluding carboxylic acids is 1. The van der Waals surface area contributed by atoms with Gasteiger partial charge in [-0.1, -0.05) is 19.8 Å². The van der Waals surface area contributed by atoms with Crippen molar-refractivity contribution < 1.29 is 4.79 Å². The zero-order valence-corrected chi connectivity index (χ0v) is 12.6. The van der Waals surface area contributed by atoms with E-state index in [2.05, 4.69) is 12.0 Å². The molecule has 1 aliphatic rings. The van der Waals surface area contributed by atoms with E-state index in [1.165, 1.54) is 19.3 Å². The van der Waals surface area contributed by atoms with E-state index in [-0.39, 0.29) is 5.91 Å². The standard InChI is InChI=1S/C15H26N4O/c1-3-6-12-7-5-9-18(10-8-12)15(20)14-13(16)11-19(4-2)17-14/h11-12H,3-10,16H2,1-2H3. The fraction of sp³-hybridized carbons (Fsp3) is 0.733. The molecule has 0 radical (unpaired) electrons. The molecule has 1 aliphatic heterocycles. The van der Waals surface area contributed by atoms with Crippen LogP contribution in [0.1, 0.15) is 56.4 Å². The first kappa shape index (κ1) is 14.9. The van der Waals surface area contributed by atoms with Crippen LogP contribution in [0.3, 0.4) is 0 Å². The van der Waals surface area contributed by atoms with Gasteiger partial charge in [0.2, 0.25) is 0 Å². The third-order valence-electron chi connectivity index (χ3n) is 4.15. The lowest BCUT2D eigenvalue weighted by molar-refractivity contribution is 0.0754. The van der Waals surface area contributed by atoms with Gasteiger partial charge >= 0.3 is 0 Å². The molecule has 5 nitrogen and oxygen atoms in total. The Morgan fingerprint density at radius 1 is 1.40 bits per heavy atom. The monoisotopic (exact) mass is 278 g/mol. The highest BCUT2D eigenvalue weighted by molar-refractivity contribution is 5.97. The summed E-state index contributed by atoms with van der Waals surface area (Å²) in [5.41, 5.74) is 6.82. The van der Waals surface area contributed by atoms with Crippen LogP contribution in [-0.2, 0) is 6.54 Å². The maximum absolute atomic E-state index is 12.5. The highest BCUT2D eigenvalue weighted by Gasteiger charge is 2.24. The molecular weight excluding hydrogens is 252 g/mol. The molecule has 0 aliphatic carbocycles. The predicted molar refractivity (Wildman–Crippen MR) is 80.5 cm³/mol. The smallest absolute Gasteiger partial charge is 0.276 e. The van der Waals surface area contributed by atoms with Gasteiger partial charge in [-0.25, -0.2) is 0 Å². The second-order valence-corrected chi connectivity index (χ2v) is 5.67. The summed E-state index contributed by atoms with van der Waals surface area (Å²) in [7, 11) is 0. The number of amides is 1. The van der Waals surface area contributed by atoms with E-state index in [9.17, 15) is 4.79 Å². The molecule has 2 N–H and O–H groups in total. The number of rotatable bonds is 4. The fourth-order valence-electron chi connectivity index (χ4n) is 2.98. The molecule has 20 heavy (non-hydrogen) atoms. The number of aryl methyl sites for hydroxylation is 1. The lowest BCUT2D eigenvalue weighted by Crippen LogP contribution is -2.32. The van der Waals surface area contributed by atoms with Crippen LogP contribution < -0.4 is 5.73 Å². The molecule has 1 aromatic heterocycles. The number of nitrogen functional groups attached to an aromatic ring is 1. The summed E-state index contributed by atoms with van der Waals surface area (Å²) in [4.78, 5) is 14.5. The van der Waals surface area contributed by atoms with Crippen LogP contribution in [0.2, 0.25) is 0 Å². The summed E-state index contributed by atoms with van der Waals surface area (Å²) in [6.45, 7) is 6.61. The summed E-state index contributed by atoms with van der Waals surface area (Å²) < 4.78 is 1.72. The molecule has 5 heteroatoms. The SMILES string of the molecule is CCCC1CCCN(C(=O)c2nn(CC)cc2N)CC1. The van der Waals surface area contributed by atoms with Gasteiger partial charge < -0.3 is 10.6 Å². The highest BCUT2D eigenvalue weighted by atomic mass is 16.2. The largest absolute Gasteiger partial charge is 0.396 e. The van der Waals surface area contributed by atoms with E-state index in [1.54, 1.807) is 10.9 Å². The van der Waals surface area contributed by atoms with Gasteiger partial charge in [-0.3, -0.25) is 9.48 Å². The molecule has 1 atom stereocenters. The number of anilines is 1. The molecule has 1 unspecified atom stereocenters. The van der Waals surface area contributed by atoms with Crippen LogP contribution in [0.25, 0.3) is 0 Å². The van der Waals surface area contributed by atoms with E-state index < -0.39 is 0 Å².